The molecule has 0 aliphatic heterocycles. The molecule has 1 amide bonds. The van der Waals surface area contributed by atoms with Gasteiger partial charge in [-0.2, -0.15) is 9.82 Å². The van der Waals surface area contributed by atoms with Gasteiger partial charge in [0.2, 0.25) is 15.9 Å². The van der Waals surface area contributed by atoms with Gasteiger partial charge >= 0.3 is 0 Å². The van der Waals surface area contributed by atoms with Crippen LogP contribution in [0.25, 0.3) is 0 Å². The average Bonchev–Trinajstić information content (AvgIpc) is 2.99. The molecule has 3 rings (SSSR count). The molecule has 2 N–H and O–H groups in total. The summed E-state index contributed by atoms with van der Waals surface area (Å²) in [5.41, 5.74) is 3.68. The number of hydrogen-bond donors (Lipinski definition) is 2. The molecule has 0 bridgehead atoms. The Bertz CT molecular complexity index is 1180. The molecule has 9 heteroatoms. The van der Waals surface area contributed by atoms with E-state index in [4.69, 9.17) is 0 Å². The van der Waals surface area contributed by atoms with Gasteiger partial charge in [0.15, 0.2) is 0 Å². The number of halogens is 1. The van der Waals surface area contributed by atoms with Crippen molar-refractivity contribution in [3.8, 4) is 0 Å². The summed E-state index contributed by atoms with van der Waals surface area (Å²) in [7, 11) is -4.17. The van der Waals surface area contributed by atoms with Crippen molar-refractivity contribution in [3.05, 3.63) is 82.9 Å². The first-order valence-electron chi connectivity index (χ1n) is 9.80. The van der Waals surface area contributed by atoms with Crippen LogP contribution >= 0.6 is 0 Å². The first kappa shape index (κ1) is 22.6. The minimum Gasteiger partial charge on any atom is -0.351 e. The second kappa shape index (κ2) is 9.40. The highest BCUT2D eigenvalue weighted by Crippen LogP contribution is 2.16. The van der Waals surface area contributed by atoms with E-state index >= 15 is 0 Å². The maximum Gasteiger partial charge on any atom is 0.244 e. The van der Waals surface area contributed by atoms with E-state index < -0.39 is 32.7 Å². The van der Waals surface area contributed by atoms with Crippen LogP contribution in [0.15, 0.2) is 59.5 Å². The molecule has 0 aliphatic carbocycles. The van der Waals surface area contributed by atoms with Crippen molar-refractivity contribution in [1.29, 1.82) is 0 Å². The number of nitrogens with zero attached hydrogens (tertiary/aromatic N) is 2. The van der Waals surface area contributed by atoms with Gasteiger partial charge < -0.3 is 5.32 Å². The molecule has 31 heavy (non-hydrogen) atoms. The van der Waals surface area contributed by atoms with Gasteiger partial charge in [0.1, 0.15) is 10.7 Å². The Labute approximate surface area is 181 Å². The van der Waals surface area contributed by atoms with Crippen LogP contribution in [0.5, 0.6) is 0 Å². The van der Waals surface area contributed by atoms with Crippen LogP contribution < -0.4 is 10.0 Å². The first-order chi connectivity index (χ1) is 14.7. The van der Waals surface area contributed by atoms with E-state index in [1.54, 1.807) is 0 Å². The summed E-state index contributed by atoms with van der Waals surface area (Å²) in [6.07, 6.45) is 0. The van der Waals surface area contributed by atoms with Crippen LogP contribution in [-0.2, 0) is 27.9 Å². The van der Waals surface area contributed by atoms with E-state index in [0.717, 1.165) is 34.6 Å². The van der Waals surface area contributed by atoms with Gasteiger partial charge in [-0.1, -0.05) is 42.5 Å². The summed E-state index contributed by atoms with van der Waals surface area (Å²) in [5.74, 6) is -1.39. The van der Waals surface area contributed by atoms with Crippen LogP contribution in [0.3, 0.4) is 0 Å². The van der Waals surface area contributed by atoms with Gasteiger partial charge in [-0.15, -0.1) is 0 Å². The molecular formula is C22H25FN4O3S. The molecular weight excluding hydrogens is 419 g/mol. The summed E-state index contributed by atoms with van der Waals surface area (Å²) in [6, 6.07) is 13.8. The molecule has 0 aliphatic rings. The average molecular weight is 445 g/mol. The lowest BCUT2D eigenvalue weighted by atomic mass is 10.2. The van der Waals surface area contributed by atoms with E-state index in [-0.39, 0.29) is 6.54 Å². The van der Waals surface area contributed by atoms with Gasteiger partial charge in [0, 0.05) is 17.8 Å². The SMILES string of the molecule is Cc1nn(Cc2ccccc2)c(C)c1CNC(=O)C(C)NS(=O)(=O)c1ccccc1F. The lowest BCUT2D eigenvalue weighted by Crippen LogP contribution is -2.44. The molecule has 3 aromatic rings. The lowest BCUT2D eigenvalue weighted by molar-refractivity contribution is -0.122. The highest BCUT2D eigenvalue weighted by molar-refractivity contribution is 7.89. The Morgan fingerprint density at radius 1 is 1.10 bits per heavy atom. The molecule has 0 radical (unpaired) electrons. The number of carbonyl (C=O) groups is 1. The molecule has 164 valence electrons. The summed E-state index contributed by atoms with van der Waals surface area (Å²) in [4.78, 5) is 12.0. The van der Waals surface area contributed by atoms with E-state index in [9.17, 15) is 17.6 Å². The number of carbonyl (C=O) groups excluding carboxylic acids is 1. The Morgan fingerprint density at radius 3 is 2.42 bits per heavy atom. The molecule has 0 spiro atoms. The van der Waals surface area contributed by atoms with Crippen molar-refractivity contribution >= 4 is 15.9 Å². The number of hydrogen-bond acceptors (Lipinski definition) is 4. The minimum atomic E-state index is -4.17. The normalized spacial score (nSPS) is 12.5. The van der Waals surface area contributed by atoms with Crippen molar-refractivity contribution < 1.29 is 17.6 Å². The van der Waals surface area contributed by atoms with Crippen molar-refractivity contribution in [2.24, 2.45) is 0 Å². The number of aromatic nitrogens is 2. The van der Waals surface area contributed by atoms with Crippen molar-refractivity contribution in [1.82, 2.24) is 19.8 Å². The maximum absolute atomic E-state index is 13.8. The molecule has 1 atom stereocenters. The Kier molecular flexibility index (Phi) is 6.87. The molecule has 0 fully saturated rings. The number of benzene rings is 2. The molecule has 0 saturated heterocycles. The van der Waals surface area contributed by atoms with Crippen molar-refractivity contribution in [2.45, 2.75) is 44.8 Å². The van der Waals surface area contributed by atoms with Gasteiger partial charge in [0.05, 0.1) is 18.3 Å². The third-order valence-electron chi connectivity index (χ3n) is 5.00. The molecule has 7 nitrogen and oxygen atoms in total. The monoisotopic (exact) mass is 444 g/mol. The number of sulfonamides is 1. The third kappa shape index (κ3) is 5.36. The van der Waals surface area contributed by atoms with E-state index in [2.05, 4.69) is 15.1 Å². The van der Waals surface area contributed by atoms with Gasteiger partial charge in [-0.3, -0.25) is 9.48 Å². The second-order valence-electron chi connectivity index (χ2n) is 7.28. The topological polar surface area (TPSA) is 93.1 Å². The highest BCUT2D eigenvalue weighted by Gasteiger charge is 2.24. The van der Waals surface area contributed by atoms with Crippen molar-refractivity contribution in [3.63, 3.8) is 0 Å². The summed E-state index contributed by atoms with van der Waals surface area (Å²) in [5, 5.41) is 7.28. The van der Waals surface area contributed by atoms with Gasteiger partial charge in [0.25, 0.3) is 0 Å². The predicted octanol–water partition coefficient (Wildman–Crippen LogP) is 2.67. The Balaban J connectivity index is 1.64. The Morgan fingerprint density at radius 2 is 1.74 bits per heavy atom. The Hall–Kier alpha value is -3.04. The van der Waals surface area contributed by atoms with Crippen LogP contribution in [0.4, 0.5) is 4.39 Å². The van der Waals surface area contributed by atoms with Crippen LogP contribution in [-0.4, -0.2) is 30.1 Å². The fourth-order valence-corrected chi connectivity index (χ4v) is 4.52. The quantitative estimate of drug-likeness (QED) is 0.559. The number of nitrogens with one attached hydrogen (secondary N) is 2. The number of aryl methyl sites for hydroxylation is 1. The maximum atomic E-state index is 13.8. The number of rotatable bonds is 8. The fraction of sp³-hybridized carbons (Fsp3) is 0.273. The molecule has 0 saturated carbocycles. The van der Waals surface area contributed by atoms with E-state index in [1.165, 1.54) is 19.1 Å². The zero-order valence-corrected chi connectivity index (χ0v) is 18.4. The molecule has 2 aromatic carbocycles. The first-order valence-corrected chi connectivity index (χ1v) is 11.3. The summed E-state index contributed by atoms with van der Waals surface area (Å²) < 4.78 is 42.7. The second-order valence-corrected chi connectivity index (χ2v) is 8.97. The minimum absolute atomic E-state index is 0.205. The van der Waals surface area contributed by atoms with Gasteiger partial charge in [-0.05, 0) is 38.5 Å². The van der Waals surface area contributed by atoms with Gasteiger partial charge in [-0.25, -0.2) is 12.8 Å². The van der Waals surface area contributed by atoms with Crippen LogP contribution in [0.2, 0.25) is 0 Å². The molecule has 1 unspecified atom stereocenters. The smallest absolute Gasteiger partial charge is 0.244 e. The van der Waals surface area contributed by atoms with Crippen LogP contribution in [0, 0.1) is 19.7 Å². The summed E-state index contributed by atoms with van der Waals surface area (Å²) >= 11 is 0. The summed E-state index contributed by atoms with van der Waals surface area (Å²) in [6.45, 7) is 6.01. The van der Waals surface area contributed by atoms with E-state index in [0.29, 0.717) is 6.54 Å². The lowest BCUT2D eigenvalue weighted by Gasteiger charge is -2.15. The zero-order chi connectivity index (χ0) is 22.6. The zero-order valence-electron chi connectivity index (χ0n) is 17.6. The highest BCUT2D eigenvalue weighted by atomic mass is 32.2. The predicted molar refractivity (Wildman–Crippen MR) is 115 cm³/mol. The third-order valence-corrected chi connectivity index (χ3v) is 6.57. The molecule has 1 heterocycles. The fourth-order valence-electron chi connectivity index (χ4n) is 3.24. The molecule has 1 aromatic heterocycles. The van der Waals surface area contributed by atoms with Crippen molar-refractivity contribution in [2.75, 3.05) is 0 Å². The van der Waals surface area contributed by atoms with E-state index in [1.807, 2.05) is 48.9 Å². The largest absolute Gasteiger partial charge is 0.351 e. The van der Waals surface area contributed by atoms with Crippen LogP contribution in [0.1, 0.15) is 29.4 Å². The standard InChI is InChI=1S/C22H25FN4O3S/c1-15-19(17(3)27(25-15)14-18-9-5-4-6-10-18)13-24-22(28)16(2)26-31(29,30)21-12-8-7-11-20(21)23/h4-12,16,26H,13-14H2,1-3H3,(H,24,28). The number of amides is 1.